The van der Waals surface area contributed by atoms with Gasteiger partial charge in [-0.05, 0) is 25.2 Å². The van der Waals surface area contributed by atoms with E-state index in [1.54, 1.807) is 0 Å². The van der Waals surface area contributed by atoms with E-state index in [4.69, 9.17) is 5.73 Å². The topological polar surface area (TPSA) is 46.3 Å². The molecule has 0 aromatic rings. The summed E-state index contributed by atoms with van der Waals surface area (Å²) in [6.07, 6.45) is 1.62. The van der Waals surface area contributed by atoms with Crippen molar-refractivity contribution in [1.82, 2.24) is 4.90 Å². The van der Waals surface area contributed by atoms with Crippen LogP contribution in [-0.2, 0) is 4.79 Å². The molecular weight excluding hydrogens is 188 g/mol. The lowest BCUT2D eigenvalue weighted by Crippen LogP contribution is -2.39. The van der Waals surface area contributed by atoms with Crippen LogP contribution in [0.2, 0.25) is 0 Å². The summed E-state index contributed by atoms with van der Waals surface area (Å²) in [5.41, 5.74) is 5.92. The second-order valence-electron chi connectivity index (χ2n) is 5.35. The van der Waals surface area contributed by atoms with Crippen LogP contribution in [0, 0.1) is 11.8 Å². The lowest BCUT2D eigenvalue weighted by Gasteiger charge is -2.24. The maximum atomic E-state index is 12.0. The Morgan fingerprint density at radius 3 is 2.47 bits per heavy atom. The van der Waals surface area contributed by atoms with E-state index in [1.165, 1.54) is 0 Å². The molecule has 1 rings (SSSR count). The maximum absolute atomic E-state index is 12.0. The van der Waals surface area contributed by atoms with E-state index < -0.39 is 0 Å². The van der Waals surface area contributed by atoms with E-state index in [0.717, 1.165) is 13.0 Å². The van der Waals surface area contributed by atoms with Crippen LogP contribution in [-0.4, -0.2) is 29.4 Å². The molecule has 0 bridgehead atoms. The van der Waals surface area contributed by atoms with Gasteiger partial charge in [-0.1, -0.05) is 20.8 Å². The predicted molar refractivity (Wildman–Crippen MR) is 62.4 cm³/mol. The zero-order valence-corrected chi connectivity index (χ0v) is 10.4. The molecule has 1 fully saturated rings. The highest BCUT2D eigenvalue weighted by atomic mass is 16.2. The summed E-state index contributed by atoms with van der Waals surface area (Å²) in [6, 6.07) is 0.396. The van der Waals surface area contributed by atoms with Crippen LogP contribution in [0.4, 0.5) is 0 Å². The predicted octanol–water partition coefficient (Wildman–Crippen LogP) is 1.62. The van der Waals surface area contributed by atoms with Gasteiger partial charge in [-0.15, -0.1) is 0 Å². The van der Waals surface area contributed by atoms with Crippen molar-refractivity contribution in [2.75, 3.05) is 6.54 Å². The molecule has 88 valence electrons. The van der Waals surface area contributed by atoms with Gasteiger partial charge >= 0.3 is 0 Å². The lowest BCUT2D eigenvalue weighted by atomic mass is 10.0. The van der Waals surface area contributed by atoms with Gasteiger partial charge in [-0.2, -0.15) is 0 Å². The van der Waals surface area contributed by atoms with Gasteiger partial charge in [0.2, 0.25) is 5.91 Å². The van der Waals surface area contributed by atoms with Gasteiger partial charge in [0.15, 0.2) is 0 Å². The third-order valence-electron chi connectivity index (χ3n) is 3.37. The fourth-order valence-corrected chi connectivity index (χ4v) is 2.20. The van der Waals surface area contributed by atoms with Crippen molar-refractivity contribution in [1.29, 1.82) is 0 Å². The Hall–Kier alpha value is -0.570. The van der Waals surface area contributed by atoms with Crippen LogP contribution < -0.4 is 5.73 Å². The minimum atomic E-state index is 0.000561. The first-order valence-corrected chi connectivity index (χ1v) is 5.96. The van der Waals surface area contributed by atoms with Crippen LogP contribution in [0.5, 0.6) is 0 Å². The summed E-state index contributed by atoms with van der Waals surface area (Å²) in [5, 5.41) is 0. The largest absolute Gasteiger partial charge is 0.340 e. The van der Waals surface area contributed by atoms with Gasteiger partial charge in [0, 0.05) is 25.0 Å². The second-order valence-corrected chi connectivity index (χ2v) is 5.35. The molecule has 3 nitrogen and oxygen atoms in total. The number of rotatable bonds is 3. The summed E-state index contributed by atoms with van der Waals surface area (Å²) in [7, 11) is 0. The first kappa shape index (κ1) is 12.5. The SMILES string of the molecule is CC1CC(C)N(C(=O)CC(N)C(C)C)C1. The molecule has 3 unspecified atom stereocenters. The molecular formula is C12H24N2O. The number of carbonyl (C=O) groups excluding carboxylic acids is 1. The average Bonchev–Trinajstić information content (AvgIpc) is 2.44. The van der Waals surface area contributed by atoms with Gasteiger partial charge < -0.3 is 10.6 Å². The van der Waals surface area contributed by atoms with Crippen LogP contribution in [0.3, 0.4) is 0 Å². The molecule has 0 spiro atoms. The Kier molecular flexibility index (Phi) is 4.14. The lowest BCUT2D eigenvalue weighted by molar-refractivity contribution is -0.132. The maximum Gasteiger partial charge on any atom is 0.224 e. The first-order valence-electron chi connectivity index (χ1n) is 5.96. The van der Waals surface area contributed by atoms with Gasteiger partial charge in [-0.25, -0.2) is 0 Å². The summed E-state index contributed by atoms with van der Waals surface area (Å²) in [5.74, 6) is 1.25. The fourth-order valence-electron chi connectivity index (χ4n) is 2.20. The van der Waals surface area contributed by atoms with E-state index in [2.05, 4.69) is 27.7 Å². The number of nitrogens with two attached hydrogens (primary N) is 1. The van der Waals surface area contributed by atoms with Crippen LogP contribution in [0.1, 0.15) is 40.5 Å². The Balaban J connectivity index is 2.47. The van der Waals surface area contributed by atoms with Crippen molar-refractivity contribution in [2.45, 2.75) is 52.6 Å². The summed E-state index contributed by atoms with van der Waals surface area (Å²) in [6.45, 7) is 9.36. The molecule has 15 heavy (non-hydrogen) atoms. The molecule has 0 saturated carbocycles. The molecule has 1 aliphatic heterocycles. The molecule has 1 aliphatic rings. The molecule has 3 heteroatoms. The molecule has 2 N–H and O–H groups in total. The minimum absolute atomic E-state index is 0.000561. The highest BCUT2D eigenvalue weighted by molar-refractivity contribution is 5.77. The van der Waals surface area contributed by atoms with Crippen molar-refractivity contribution in [3.63, 3.8) is 0 Å². The van der Waals surface area contributed by atoms with Crippen molar-refractivity contribution in [3.8, 4) is 0 Å². The average molecular weight is 212 g/mol. The summed E-state index contributed by atoms with van der Waals surface area (Å²) < 4.78 is 0. The van der Waals surface area contributed by atoms with Crippen molar-refractivity contribution >= 4 is 5.91 Å². The number of likely N-dealkylation sites (tertiary alicyclic amines) is 1. The highest BCUT2D eigenvalue weighted by Crippen LogP contribution is 2.23. The number of nitrogens with zero attached hydrogens (tertiary/aromatic N) is 1. The first-order chi connectivity index (χ1) is 6.91. The summed E-state index contributed by atoms with van der Waals surface area (Å²) in [4.78, 5) is 14.0. The van der Waals surface area contributed by atoms with Gasteiger partial charge in [-0.3, -0.25) is 4.79 Å². The molecule has 1 heterocycles. The Morgan fingerprint density at radius 2 is 2.07 bits per heavy atom. The second kappa shape index (κ2) is 4.97. The standard InChI is InChI=1S/C12H24N2O/c1-8(2)11(13)6-12(15)14-7-9(3)5-10(14)4/h8-11H,5-7,13H2,1-4H3. The smallest absolute Gasteiger partial charge is 0.224 e. The van der Waals surface area contributed by atoms with E-state index in [-0.39, 0.29) is 11.9 Å². The molecule has 0 aromatic carbocycles. The fraction of sp³-hybridized carbons (Fsp3) is 0.917. The number of hydrogen-bond donors (Lipinski definition) is 1. The molecule has 3 atom stereocenters. The number of carbonyl (C=O) groups is 1. The van der Waals surface area contributed by atoms with Gasteiger partial charge in [0.25, 0.3) is 0 Å². The van der Waals surface area contributed by atoms with Crippen molar-refractivity contribution < 1.29 is 4.79 Å². The molecule has 1 saturated heterocycles. The van der Waals surface area contributed by atoms with Crippen molar-refractivity contribution in [3.05, 3.63) is 0 Å². The van der Waals surface area contributed by atoms with E-state index >= 15 is 0 Å². The Morgan fingerprint density at radius 1 is 1.47 bits per heavy atom. The quantitative estimate of drug-likeness (QED) is 0.772. The monoisotopic (exact) mass is 212 g/mol. The number of hydrogen-bond acceptors (Lipinski definition) is 2. The molecule has 0 aliphatic carbocycles. The minimum Gasteiger partial charge on any atom is -0.340 e. The van der Waals surface area contributed by atoms with E-state index in [9.17, 15) is 4.79 Å². The normalized spacial score (nSPS) is 28.5. The van der Waals surface area contributed by atoms with E-state index in [0.29, 0.717) is 24.3 Å². The third-order valence-corrected chi connectivity index (χ3v) is 3.37. The van der Waals surface area contributed by atoms with E-state index in [1.807, 2.05) is 4.90 Å². The zero-order chi connectivity index (χ0) is 11.6. The Labute approximate surface area is 93.0 Å². The zero-order valence-electron chi connectivity index (χ0n) is 10.4. The molecule has 0 aromatic heterocycles. The van der Waals surface area contributed by atoms with Gasteiger partial charge in [0.05, 0.1) is 0 Å². The van der Waals surface area contributed by atoms with Gasteiger partial charge in [0.1, 0.15) is 0 Å². The van der Waals surface area contributed by atoms with Crippen LogP contribution in [0.25, 0.3) is 0 Å². The highest BCUT2D eigenvalue weighted by Gasteiger charge is 2.30. The van der Waals surface area contributed by atoms with Crippen LogP contribution in [0.15, 0.2) is 0 Å². The third kappa shape index (κ3) is 3.20. The molecule has 0 radical (unpaired) electrons. The number of amides is 1. The Bertz CT molecular complexity index is 228. The molecule has 1 amide bonds. The van der Waals surface area contributed by atoms with Crippen LogP contribution >= 0.6 is 0 Å². The van der Waals surface area contributed by atoms with Crippen molar-refractivity contribution in [2.24, 2.45) is 17.6 Å². The summed E-state index contributed by atoms with van der Waals surface area (Å²) >= 11 is 0.